The van der Waals surface area contributed by atoms with Crippen LogP contribution in [0.3, 0.4) is 0 Å². The van der Waals surface area contributed by atoms with Gasteiger partial charge in [0.05, 0.1) is 11.1 Å². The highest BCUT2D eigenvalue weighted by molar-refractivity contribution is 7.80. The molecule has 1 fully saturated rings. The molecule has 1 heterocycles. The number of nitrogens with zero attached hydrogens (tertiary/aromatic N) is 2. The molecule has 0 spiro atoms. The quantitative estimate of drug-likeness (QED) is 0.678. The number of thiocarbonyl (C=S) groups is 1. The first-order valence-corrected chi connectivity index (χ1v) is 7.80. The highest BCUT2D eigenvalue weighted by atomic mass is 32.1. The van der Waals surface area contributed by atoms with Gasteiger partial charge in [0.15, 0.2) is 0 Å². The van der Waals surface area contributed by atoms with Crippen molar-refractivity contribution >= 4 is 23.1 Å². The Bertz CT molecular complexity index is 324. The molecule has 5 nitrogen and oxygen atoms in total. The number of carbonyl (C=O) groups is 1. The Morgan fingerprint density at radius 3 is 2.90 bits per heavy atom. The Morgan fingerprint density at radius 1 is 1.50 bits per heavy atom. The molecule has 0 bridgehead atoms. The van der Waals surface area contributed by atoms with Crippen LogP contribution in [0.15, 0.2) is 0 Å². The minimum Gasteiger partial charge on any atom is -0.393 e. The van der Waals surface area contributed by atoms with Crippen LogP contribution < -0.4 is 5.73 Å². The van der Waals surface area contributed by atoms with Crippen LogP contribution in [0.25, 0.3) is 0 Å². The van der Waals surface area contributed by atoms with Crippen LogP contribution in [0.2, 0.25) is 0 Å². The van der Waals surface area contributed by atoms with Gasteiger partial charge in [0.1, 0.15) is 0 Å². The van der Waals surface area contributed by atoms with E-state index in [1.165, 1.54) is 0 Å². The number of carbonyl (C=O) groups excluding carboxylic acids is 1. The second-order valence-corrected chi connectivity index (χ2v) is 5.83. The van der Waals surface area contributed by atoms with Crippen molar-refractivity contribution in [1.29, 1.82) is 0 Å². The molecule has 20 heavy (non-hydrogen) atoms. The summed E-state index contributed by atoms with van der Waals surface area (Å²) in [5.74, 6) is 0.153. The Morgan fingerprint density at radius 2 is 2.25 bits per heavy atom. The summed E-state index contributed by atoms with van der Waals surface area (Å²) in [7, 11) is 1.81. The van der Waals surface area contributed by atoms with E-state index in [4.69, 9.17) is 22.7 Å². The number of amides is 1. The summed E-state index contributed by atoms with van der Waals surface area (Å²) in [5.41, 5.74) is 5.45. The summed E-state index contributed by atoms with van der Waals surface area (Å²) in [5, 5.41) is 0. The molecule has 0 aliphatic carbocycles. The van der Waals surface area contributed by atoms with E-state index in [9.17, 15) is 4.79 Å². The molecule has 0 aromatic heterocycles. The molecule has 1 saturated heterocycles. The number of likely N-dealkylation sites (tertiary alicyclic amines) is 1. The predicted octanol–water partition coefficient (Wildman–Crippen LogP) is 1.01. The van der Waals surface area contributed by atoms with E-state index in [0.717, 1.165) is 39.1 Å². The van der Waals surface area contributed by atoms with Crippen molar-refractivity contribution < 1.29 is 9.53 Å². The lowest BCUT2D eigenvalue weighted by atomic mass is 10.1. The van der Waals surface area contributed by atoms with E-state index in [-0.39, 0.29) is 5.91 Å². The molecular formula is C14H27N3O2S. The fourth-order valence-electron chi connectivity index (χ4n) is 2.44. The largest absolute Gasteiger partial charge is 0.393 e. The molecular weight excluding hydrogens is 274 g/mol. The Balaban J connectivity index is 2.24. The number of hydrogen-bond donors (Lipinski definition) is 1. The topological polar surface area (TPSA) is 58.8 Å². The lowest BCUT2D eigenvalue weighted by Gasteiger charge is -2.32. The lowest BCUT2D eigenvalue weighted by Crippen LogP contribution is -2.41. The van der Waals surface area contributed by atoms with Gasteiger partial charge in [0.2, 0.25) is 5.91 Å². The third-order valence-corrected chi connectivity index (χ3v) is 3.83. The number of hydrogen-bond acceptors (Lipinski definition) is 4. The Kier molecular flexibility index (Phi) is 8.02. The van der Waals surface area contributed by atoms with Gasteiger partial charge in [-0.05, 0) is 26.3 Å². The minimum absolute atomic E-state index is 0.153. The van der Waals surface area contributed by atoms with E-state index in [2.05, 4.69) is 4.90 Å². The lowest BCUT2D eigenvalue weighted by molar-refractivity contribution is -0.130. The Labute approximate surface area is 127 Å². The van der Waals surface area contributed by atoms with Crippen LogP contribution in [0.1, 0.15) is 32.6 Å². The average molecular weight is 301 g/mol. The first-order chi connectivity index (χ1) is 9.52. The molecule has 1 aliphatic rings. The van der Waals surface area contributed by atoms with Gasteiger partial charge < -0.3 is 20.3 Å². The van der Waals surface area contributed by atoms with Crippen molar-refractivity contribution in [2.24, 2.45) is 5.73 Å². The molecule has 6 heteroatoms. The second kappa shape index (κ2) is 9.26. The maximum absolute atomic E-state index is 12.0. The predicted molar refractivity (Wildman–Crippen MR) is 84.7 cm³/mol. The van der Waals surface area contributed by atoms with Gasteiger partial charge in [0.25, 0.3) is 0 Å². The third-order valence-electron chi connectivity index (χ3n) is 3.63. The molecule has 1 unspecified atom stereocenters. The van der Waals surface area contributed by atoms with Crippen molar-refractivity contribution in [1.82, 2.24) is 9.80 Å². The average Bonchev–Trinajstić information content (AvgIpc) is 2.43. The zero-order valence-corrected chi connectivity index (χ0v) is 13.5. The number of ether oxygens (including phenoxy) is 1. The maximum atomic E-state index is 12.0. The van der Waals surface area contributed by atoms with Crippen molar-refractivity contribution in [3.05, 3.63) is 0 Å². The van der Waals surface area contributed by atoms with Gasteiger partial charge in [-0.25, -0.2) is 0 Å². The van der Waals surface area contributed by atoms with Crippen LogP contribution in [0.4, 0.5) is 0 Å². The number of nitrogens with two attached hydrogens (primary N) is 1. The molecule has 1 amide bonds. The van der Waals surface area contributed by atoms with Gasteiger partial charge in [-0.3, -0.25) is 4.79 Å². The third kappa shape index (κ3) is 6.63. The van der Waals surface area contributed by atoms with Crippen LogP contribution in [0, 0.1) is 0 Å². The van der Waals surface area contributed by atoms with Crippen LogP contribution in [-0.2, 0) is 9.53 Å². The molecule has 116 valence electrons. The van der Waals surface area contributed by atoms with E-state index in [1.807, 2.05) is 6.92 Å². The van der Waals surface area contributed by atoms with Gasteiger partial charge in [-0.1, -0.05) is 12.2 Å². The van der Waals surface area contributed by atoms with Gasteiger partial charge in [-0.15, -0.1) is 0 Å². The summed E-state index contributed by atoms with van der Waals surface area (Å²) in [4.78, 5) is 16.5. The number of rotatable bonds is 8. The van der Waals surface area contributed by atoms with Crippen molar-refractivity contribution in [2.75, 3.05) is 39.8 Å². The normalized spacial score (nSPS) is 19.8. The molecule has 2 N–H and O–H groups in total. The molecule has 1 rings (SSSR count). The second-order valence-electron chi connectivity index (χ2n) is 5.30. The van der Waals surface area contributed by atoms with Crippen molar-refractivity contribution in [2.45, 2.75) is 38.7 Å². The first kappa shape index (κ1) is 17.3. The SMILES string of the molecule is CCOC1CCCN(CCC(=O)N(C)CCC(N)=S)C1. The van der Waals surface area contributed by atoms with E-state index in [1.54, 1.807) is 11.9 Å². The van der Waals surface area contributed by atoms with E-state index in [0.29, 0.717) is 30.5 Å². The summed E-state index contributed by atoms with van der Waals surface area (Å²) in [6, 6.07) is 0. The fourth-order valence-corrected chi connectivity index (χ4v) is 2.53. The van der Waals surface area contributed by atoms with Crippen molar-refractivity contribution in [3.8, 4) is 0 Å². The first-order valence-electron chi connectivity index (χ1n) is 7.39. The van der Waals surface area contributed by atoms with Crippen LogP contribution in [0.5, 0.6) is 0 Å². The van der Waals surface area contributed by atoms with E-state index < -0.39 is 0 Å². The summed E-state index contributed by atoms with van der Waals surface area (Å²) in [6.07, 6.45) is 3.75. The standard InChI is InChI=1S/C14H27N3O2S/c1-3-19-12-5-4-8-17(11-12)10-7-14(18)16(2)9-6-13(15)20/h12H,3-11H2,1-2H3,(H2,15,20). The Hall–Kier alpha value is -0.720. The highest BCUT2D eigenvalue weighted by Crippen LogP contribution is 2.13. The zero-order chi connectivity index (χ0) is 15.0. The molecule has 0 aromatic carbocycles. The number of piperidine rings is 1. The summed E-state index contributed by atoms with van der Waals surface area (Å²) >= 11 is 4.82. The van der Waals surface area contributed by atoms with Gasteiger partial charge in [0, 0.05) is 46.1 Å². The molecule has 0 saturated carbocycles. The highest BCUT2D eigenvalue weighted by Gasteiger charge is 2.20. The fraction of sp³-hybridized carbons (Fsp3) is 0.857. The van der Waals surface area contributed by atoms with E-state index >= 15 is 0 Å². The van der Waals surface area contributed by atoms with Gasteiger partial charge >= 0.3 is 0 Å². The minimum atomic E-state index is 0.153. The van der Waals surface area contributed by atoms with Crippen LogP contribution in [-0.4, -0.2) is 66.6 Å². The maximum Gasteiger partial charge on any atom is 0.223 e. The van der Waals surface area contributed by atoms with Crippen LogP contribution >= 0.6 is 12.2 Å². The van der Waals surface area contributed by atoms with Crippen molar-refractivity contribution in [3.63, 3.8) is 0 Å². The molecule has 1 atom stereocenters. The smallest absolute Gasteiger partial charge is 0.223 e. The summed E-state index contributed by atoms with van der Waals surface area (Å²) < 4.78 is 5.67. The molecule has 0 radical (unpaired) electrons. The van der Waals surface area contributed by atoms with Gasteiger partial charge in [-0.2, -0.15) is 0 Å². The summed E-state index contributed by atoms with van der Waals surface area (Å²) in [6.45, 7) is 6.21. The molecule has 1 aliphatic heterocycles. The molecule has 0 aromatic rings. The monoisotopic (exact) mass is 301 g/mol. The zero-order valence-electron chi connectivity index (χ0n) is 12.6.